The molecule has 2 rings (SSSR count). The Balaban J connectivity index is 2.42. The van der Waals surface area contributed by atoms with Crippen molar-refractivity contribution in [2.75, 3.05) is 20.6 Å². The first kappa shape index (κ1) is 16.9. The van der Waals surface area contributed by atoms with Crippen LogP contribution in [0.5, 0.6) is 0 Å². The third kappa shape index (κ3) is 3.32. The van der Waals surface area contributed by atoms with E-state index < -0.39 is 0 Å². The molecule has 1 aliphatic rings. The Kier molecular flexibility index (Phi) is 5.80. The second kappa shape index (κ2) is 7.20. The molecule has 1 saturated carbocycles. The molecule has 5 nitrogen and oxygen atoms in total. The molecule has 0 bridgehead atoms. The maximum atomic E-state index is 4.20. The molecule has 1 aromatic rings. The monoisotopic (exact) mass is 357 g/mol. The van der Waals surface area contributed by atoms with Gasteiger partial charge in [-0.1, -0.05) is 31.4 Å². The van der Waals surface area contributed by atoms with Gasteiger partial charge in [0.2, 0.25) is 0 Å². The van der Waals surface area contributed by atoms with Crippen molar-refractivity contribution < 1.29 is 0 Å². The molecule has 120 valence electrons. The van der Waals surface area contributed by atoms with Crippen LogP contribution in [-0.4, -0.2) is 46.1 Å². The van der Waals surface area contributed by atoms with E-state index >= 15 is 0 Å². The van der Waals surface area contributed by atoms with Gasteiger partial charge >= 0.3 is 0 Å². The summed E-state index contributed by atoms with van der Waals surface area (Å²) >= 11 is 3.60. The number of rotatable bonds is 6. The molecule has 1 aromatic heterocycles. The summed E-state index contributed by atoms with van der Waals surface area (Å²) in [6.07, 6.45) is 7.51. The Bertz CT molecular complexity index is 431. The highest BCUT2D eigenvalue weighted by Crippen LogP contribution is 2.43. The Morgan fingerprint density at radius 3 is 2.48 bits per heavy atom. The lowest BCUT2D eigenvalue weighted by Gasteiger charge is -2.48. The highest BCUT2D eigenvalue weighted by molar-refractivity contribution is 9.10. The van der Waals surface area contributed by atoms with Crippen LogP contribution < -0.4 is 5.32 Å². The molecular formula is C15H28BrN5. The topological polar surface area (TPSA) is 46.0 Å². The van der Waals surface area contributed by atoms with Gasteiger partial charge in [-0.05, 0) is 55.8 Å². The Hall–Kier alpha value is -0.460. The lowest BCUT2D eigenvalue weighted by atomic mass is 9.74. The first-order valence-corrected chi connectivity index (χ1v) is 8.78. The normalized spacial score (nSPS) is 19.9. The van der Waals surface area contributed by atoms with E-state index in [4.69, 9.17) is 0 Å². The second-order valence-electron chi connectivity index (χ2n) is 6.33. The zero-order valence-corrected chi connectivity index (χ0v) is 15.3. The average Bonchev–Trinajstić information content (AvgIpc) is 2.80. The van der Waals surface area contributed by atoms with E-state index in [-0.39, 0.29) is 11.6 Å². The Labute approximate surface area is 136 Å². The lowest BCUT2D eigenvalue weighted by molar-refractivity contribution is 0.0531. The van der Waals surface area contributed by atoms with Crippen molar-refractivity contribution in [3.05, 3.63) is 10.3 Å². The summed E-state index contributed by atoms with van der Waals surface area (Å²) in [5.74, 6) is 0. The van der Waals surface area contributed by atoms with E-state index in [9.17, 15) is 0 Å². The van der Waals surface area contributed by atoms with Crippen molar-refractivity contribution in [3.63, 3.8) is 0 Å². The van der Waals surface area contributed by atoms with Crippen molar-refractivity contribution in [2.24, 2.45) is 7.05 Å². The molecule has 1 fully saturated rings. The lowest BCUT2D eigenvalue weighted by Crippen LogP contribution is -2.55. The molecule has 0 radical (unpaired) electrons. The minimum absolute atomic E-state index is 0.144. The number of hydrogen-bond donors (Lipinski definition) is 1. The summed E-state index contributed by atoms with van der Waals surface area (Å²) in [5.41, 5.74) is 1.31. The van der Waals surface area contributed by atoms with E-state index in [0.29, 0.717) is 0 Å². The molecule has 0 spiro atoms. The maximum Gasteiger partial charge on any atom is 0.153 e. The van der Waals surface area contributed by atoms with Crippen LogP contribution in [0.4, 0.5) is 0 Å². The standard InChI is InChI=1S/C15H28BrN5/c1-5-11-17-13(12-14(16)18-19-21(12)4)15(20(2)3)9-7-6-8-10-15/h13,17H,5-11H2,1-4H3. The fourth-order valence-corrected chi connectivity index (χ4v) is 4.19. The fourth-order valence-electron chi connectivity index (χ4n) is 3.63. The molecule has 1 unspecified atom stereocenters. The number of aryl methyl sites for hydroxylation is 1. The molecule has 1 N–H and O–H groups in total. The highest BCUT2D eigenvalue weighted by atomic mass is 79.9. The van der Waals surface area contributed by atoms with Crippen molar-refractivity contribution in [2.45, 2.75) is 57.0 Å². The number of aromatic nitrogens is 3. The van der Waals surface area contributed by atoms with Gasteiger partial charge in [0.1, 0.15) is 0 Å². The largest absolute Gasteiger partial charge is 0.307 e. The number of halogens is 1. The van der Waals surface area contributed by atoms with Crippen molar-refractivity contribution in [1.82, 2.24) is 25.2 Å². The van der Waals surface area contributed by atoms with Gasteiger partial charge in [0.15, 0.2) is 4.60 Å². The van der Waals surface area contributed by atoms with Crippen LogP contribution in [0.15, 0.2) is 4.60 Å². The number of hydrogen-bond acceptors (Lipinski definition) is 4. The van der Waals surface area contributed by atoms with Gasteiger partial charge in [-0.15, -0.1) is 5.10 Å². The first-order chi connectivity index (χ1) is 10.0. The van der Waals surface area contributed by atoms with Gasteiger partial charge in [0.25, 0.3) is 0 Å². The average molecular weight is 358 g/mol. The molecule has 1 atom stereocenters. The molecule has 21 heavy (non-hydrogen) atoms. The van der Waals surface area contributed by atoms with Crippen LogP contribution in [0.2, 0.25) is 0 Å². The van der Waals surface area contributed by atoms with Gasteiger partial charge in [-0.25, -0.2) is 4.68 Å². The summed E-state index contributed by atoms with van der Waals surface area (Å²) in [7, 11) is 6.41. The molecule has 1 heterocycles. The zero-order valence-electron chi connectivity index (χ0n) is 13.7. The van der Waals surface area contributed by atoms with Gasteiger partial charge in [-0.2, -0.15) is 0 Å². The molecular weight excluding hydrogens is 330 g/mol. The molecule has 6 heteroatoms. The van der Waals surface area contributed by atoms with E-state index in [1.54, 1.807) is 0 Å². The third-order valence-electron chi connectivity index (χ3n) is 4.85. The zero-order chi connectivity index (χ0) is 15.5. The van der Waals surface area contributed by atoms with E-state index in [1.165, 1.54) is 37.8 Å². The summed E-state index contributed by atoms with van der Waals surface area (Å²) in [4.78, 5) is 2.42. The van der Waals surface area contributed by atoms with Crippen LogP contribution in [0.25, 0.3) is 0 Å². The molecule has 0 amide bonds. The molecule has 0 aromatic carbocycles. The predicted molar refractivity (Wildman–Crippen MR) is 89.2 cm³/mol. The van der Waals surface area contributed by atoms with Gasteiger partial charge in [0, 0.05) is 12.6 Å². The smallest absolute Gasteiger partial charge is 0.153 e. The fraction of sp³-hybridized carbons (Fsp3) is 0.867. The van der Waals surface area contributed by atoms with Crippen molar-refractivity contribution in [3.8, 4) is 0 Å². The van der Waals surface area contributed by atoms with Gasteiger partial charge < -0.3 is 10.2 Å². The van der Waals surface area contributed by atoms with Gasteiger partial charge in [0.05, 0.1) is 11.7 Å². The Morgan fingerprint density at radius 1 is 1.33 bits per heavy atom. The molecule has 0 saturated heterocycles. The summed E-state index contributed by atoms with van der Waals surface area (Å²) in [6.45, 7) is 3.22. The van der Waals surface area contributed by atoms with E-state index in [1.807, 2.05) is 11.7 Å². The minimum Gasteiger partial charge on any atom is -0.307 e. The van der Waals surface area contributed by atoms with E-state index in [0.717, 1.165) is 17.6 Å². The number of nitrogens with one attached hydrogen (secondary N) is 1. The van der Waals surface area contributed by atoms with Crippen LogP contribution in [0.1, 0.15) is 57.2 Å². The predicted octanol–water partition coefficient (Wildman–Crippen LogP) is 2.88. The SMILES string of the molecule is CCCNC(c1c(Br)nnn1C)C1(N(C)C)CCCCC1. The molecule has 0 aliphatic heterocycles. The Morgan fingerprint density at radius 2 is 2.00 bits per heavy atom. The number of nitrogens with zero attached hydrogens (tertiary/aromatic N) is 4. The van der Waals surface area contributed by atoms with Gasteiger partial charge in [-0.3, -0.25) is 0 Å². The summed E-state index contributed by atoms with van der Waals surface area (Å²) in [6, 6.07) is 0.252. The summed E-state index contributed by atoms with van der Waals surface area (Å²) in [5, 5.41) is 12.2. The van der Waals surface area contributed by atoms with Crippen LogP contribution in [0, 0.1) is 0 Å². The number of likely N-dealkylation sites (N-methyl/N-ethyl adjacent to an activating group) is 1. The van der Waals surface area contributed by atoms with Crippen LogP contribution >= 0.6 is 15.9 Å². The first-order valence-electron chi connectivity index (χ1n) is 7.99. The second-order valence-corrected chi connectivity index (χ2v) is 7.09. The van der Waals surface area contributed by atoms with Crippen LogP contribution in [0.3, 0.4) is 0 Å². The van der Waals surface area contributed by atoms with Crippen molar-refractivity contribution in [1.29, 1.82) is 0 Å². The summed E-state index contributed by atoms with van der Waals surface area (Å²) < 4.78 is 2.78. The van der Waals surface area contributed by atoms with Crippen molar-refractivity contribution >= 4 is 15.9 Å². The van der Waals surface area contributed by atoms with E-state index in [2.05, 4.69) is 57.5 Å². The highest BCUT2D eigenvalue weighted by Gasteiger charge is 2.44. The quantitative estimate of drug-likeness (QED) is 0.850. The van der Waals surface area contributed by atoms with Crippen LogP contribution in [-0.2, 0) is 7.05 Å². The third-order valence-corrected chi connectivity index (χ3v) is 5.41. The maximum absolute atomic E-state index is 4.20. The minimum atomic E-state index is 0.144. The molecule has 1 aliphatic carbocycles.